The van der Waals surface area contributed by atoms with Gasteiger partial charge in [0.2, 0.25) is 0 Å². The van der Waals surface area contributed by atoms with Gasteiger partial charge >= 0.3 is 0 Å². The maximum absolute atomic E-state index is 12.3. The zero-order valence-electron chi connectivity index (χ0n) is 12.0. The third-order valence-electron chi connectivity index (χ3n) is 4.01. The summed E-state index contributed by atoms with van der Waals surface area (Å²) in [7, 11) is -3.33. The maximum Gasteiger partial charge on any atom is 0.155 e. The highest BCUT2D eigenvalue weighted by atomic mass is 35.5. The number of hydrogen-bond donors (Lipinski definition) is 0. The van der Waals surface area contributed by atoms with E-state index in [9.17, 15) is 13.7 Å². The lowest BCUT2D eigenvalue weighted by Crippen LogP contribution is -2.20. The molecule has 1 aliphatic rings. The van der Waals surface area contributed by atoms with E-state index in [1.807, 2.05) is 13.0 Å². The fourth-order valence-electron chi connectivity index (χ4n) is 2.89. The predicted molar refractivity (Wildman–Crippen MR) is 82.0 cm³/mol. The Morgan fingerprint density at radius 2 is 2.14 bits per heavy atom. The Hall–Kier alpha value is -1.09. The van der Waals surface area contributed by atoms with Gasteiger partial charge in [-0.05, 0) is 24.6 Å². The molecule has 114 valence electrons. The van der Waals surface area contributed by atoms with Gasteiger partial charge in [0.05, 0.1) is 17.9 Å². The van der Waals surface area contributed by atoms with Gasteiger partial charge in [-0.3, -0.25) is 0 Å². The topological polar surface area (TPSA) is 67.2 Å². The first-order valence-electron chi connectivity index (χ1n) is 6.89. The number of hydrogen-bond acceptors (Lipinski definition) is 4. The smallest absolute Gasteiger partial charge is 0.155 e. The van der Waals surface area contributed by atoms with Gasteiger partial charge in [0.25, 0.3) is 0 Å². The van der Waals surface area contributed by atoms with Crippen LogP contribution in [0.25, 0.3) is 0 Å². The molecule has 1 fully saturated rings. The lowest BCUT2D eigenvalue weighted by atomic mass is 10.0. The molecular weight excluding hydrogens is 310 g/mol. The van der Waals surface area contributed by atoms with Crippen LogP contribution in [0.3, 0.4) is 0 Å². The zero-order chi connectivity index (χ0) is 15.7. The Bertz CT molecular complexity index is 668. The van der Waals surface area contributed by atoms with Crippen LogP contribution < -0.4 is 0 Å². The normalized spacial score (nSPS) is 28.1. The Labute approximate surface area is 130 Å². The molecule has 0 unspecified atom stereocenters. The van der Waals surface area contributed by atoms with E-state index in [-0.39, 0.29) is 18.3 Å². The Morgan fingerprint density at radius 1 is 1.43 bits per heavy atom. The van der Waals surface area contributed by atoms with Crippen LogP contribution in [-0.2, 0) is 14.6 Å². The van der Waals surface area contributed by atoms with Crippen LogP contribution in [0.1, 0.15) is 25.3 Å². The van der Waals surface area contributed by atoms with Crippen molar-refractivity contribution in [2.75, 3.05) is 19.0 Å². The van der Waals surface area contributed by atoms with Crippen LogP contribution in [0.5, 0.6) is 0 Å². The van der Waals surface area contributed by atoms with E-state index in [1.165, 1.54) is 0 Å². The van der Waals surface area contributed by atoms with Crippen LogP contribution in [0.4, 0.5) is 0 Å². The van der Waals surface area contributed by atoms with Gasteiger partial charge in [-0.15, -0.1) is 0 Å². The fourth-order valence-corrected chi connectivity index (χ4v) is 5.09. The Morgan fingerprint density at radius 3 is 2.67 bits per heavy atom. The molecule has 0 heterocycles. The highest BCUT2D eigenvalue weighted by Gasteiger charge is 2.71. The molecule has 1 saturated carbocycles. The van der Waals surface area contributed by atoms with Crippen molar-refractivity contribution >= 4 is 21.4 Å². The Balaban J connectivity index is 2.44. The summed E-state index contributed by atoms with van der Waals surface area (Å²) < 4.78 is 30.0. The highest BCUT2D eigenvalue weighted by Crippen LogP contribution is 2.63. The monoisotopic (exact) mass is 327 g/mol. The van der Waals surface area contributed by atoms with Crippen molar-refractivity contribution in [3.05, 3.63) is 34.9 Å². The van der Waals surface area contributed by atoms with Crippen molar-refractivity contribution in [3.63, 3.8) is 0 Å². The van der Waals surface area contributed by atoms with Gasteiger partial charge in [-0.25, -0.2) is 8.42 Å². The van der Waals surface area contributed by atoms with Crippen molar-refractivity contribution in [1.29, 1.82) is 5.26 Å². The first kappa shape index (κ1) is 16.3. The van der Waals surface area contributed by atoms with Gasteiger partial charge in [0, 0.05) is 23.3 Å². The van der Waals surface area contributed by atoms with E-state index >= 15 is 0 Å². The maximum atomic E-state index is 12.3. The molecule has 4 nitrogen and oxygen atoms in total. The van der Waals surface area contributed by atoms with Gasteiger partial charge < -0.3 is 4.74 Å². The third-order valence-corrected chi connectivity index (χ3v) is 6.51. The highest BCUT2D eigenvalue weighted by molar-refractivity contribution is 7.92. The van der Waals surface area contributed by atoms with Gasteiger partial charge in [-0.1, -0.05) is 30.7 Å². The number of ether oxygens (including phenoxy) is 1. The average molecular weight is 328 g/mol. The molecule has 1 aliphatic carbocycles. The molecule has 2 rings (SSSR count). The molecule has 0 bridgehead atoms. The molecule has 0 spiro atoms. The largest absolute Gasteiger partial charge is 0.380 e. The van der Waals surface area contributed by atoms with E-state index < -0.39 is 20.5 Å². The van der Waals surface area contributed by atoms with Crippen molar-refractivity contribution in [2.45, 2.75) is 25.0 Å². The van der Waals surface area contributed by atoms with Crippen LogP contribution in [0.15, 0.2) is 24.3 Å². The lowest BCUT2D eigenvalue weighted by molar-refractivity contribution is 0.117. The lowest BCUT2D eigenvalue weighted by Gasteiger charge is -2.09. The van der Waals surface area contributed by atoms with E-state index in [4.69, 9.17) is 16.3 Å². The van der Waals surface area contributed by atoms with Gasteiger partial charge in [-0.2, -0.15) is 5.26 Å². The van der Waals surface area contributed by atoms with Gasteiger partial charge in [0.15, 0.2) is 9.84 Å². The predicted octanol–water partition coefficient (Wildman–Crippen LogP) is 2.79. The van der Waals surface area contributed by atoms with Crippen molar-refractivity contribution in [3.8, 4) is 6.07 Å². The summed E-state index contributed by atoms with van der Waals surface area (Å²) in [5.41, 5.74) is -0.221. The molecule has 1 aromatic rings. The summed E-state index contributed by atoms with van der Waals surface area (Å²) in [6.45, 7) is 4.00. The summed E-state index contributed by atoms with van der Waals surface area (Å²) in [4.78, 5) is 0. The molecule has 0 aliphatic heterocycles. The molecule has 0 N–H and O–H groups in total. The Kier molecular flexibility index (Phi) is 4.62. The second kappa shape index (κ2) is 5.96. The quantitative estimate of drug-likeness (QED) is 0.805. The van der Waals surface area contributed by atoms with Crippen LogP contribution >= 0.6 is 11.6 Å². The SMILES string of the molecule is CCOC[C@]1(C#N)[C@H](c2cccc(Cl)c2)[C@@H]1S(=O)(=O)CC. The summed E-state index contributed by atoms with van der Waals surface area (Å²) in [6.07, 6.45) is 0. The molecule has 0 saturated heterocycles. The molecule has 21 heavy (non-hydrogen) atoms. The minimum Gasteiger partial charge on any atom is -0.380 e. The number of sulfone groups is 1. The second-order valence-corrected chi connectivity index (χ2v) is 8.04. The molecule has 0 radical (unpaired) electrons. The van der Waals surface area contributed by atoms with E-state index in [2.05, 4.69) is 6.07 Å². The molecule has 0 amide bonds. The van der Waals surface area contributed by atoms with Crippen molar-refractivity contribution in [2.24, 2.45) is 5.41 Å². The zero-order valence-corrected chi connectivity index (χ0v) is 13.6. The first-order valence-corrected chi connectivity index (χ1v) is 8.98. The van der Waals surface area contributed by atoms with Crippen molar-refractivity contribution < 1.29 is 13.2 Å². The van der Waals surface area contributed by atoms with E-state index in [0.717, 1.165) is 5.56 Å². The minimum absolute atomic E-state index is 0.0181. The average Bonchev–Trinajstić information content (AvgIpc) is 3.15. The summed E-state index contributed by atoms with van der Waals surface area (Å²) in [5.74, 6) is -0.359. The second-order valence-electron chi connectivity index (χ2n) is 5.19. The molecule has 6 heteroatoms. The number of benzene rings is 1. The number of halogens is 1. The third kappa shape index (κ3) is 2.80. The summed E-state index contributed by atoms with van der Waals surface area (Å²) >= 11 is 5.99. The first-order chi connectivity index (χ1) is 9.93. The van der Waals surface area contributed by atoms with Crippen molar-refractivity contribution in [1.82, 2.24) is 0 Å². The number of nitriles is 1. The number of nitrogens with zero attached hydrogens (tertiary/aromatic N) is 1. The summed E-state index contributed by atoms with van der Waals surface area (Å²) in [6, 6.07) is 9.25. The van der Waals surface area contributed by atoms with E-state index in [1.54, 1.807) is 25.1 Å². The fraction of sp³-hybridized carbons (Fsp3) is 0.533. The van der Waals surface area contributed by atoms with Gasteiger partial charge in [0.1, 0.15) is 5.41 Å². The molecular formula is C15H18ClNO3S. The number of rotatable bonds is 6. The minimum atomic E-state index is -3.33. The summed E-state index contributed by atoms with van der Waals surface area (Å²) in [5, 5.41) is 9.41. The standard InChI is InChI=1S/C15H18ClNO3S/c1-3-20-10-15(9-17)13(14(15)21(18,19)4-2)11-6-5-7-12(16)8-11/h5-8,13-14H,3-4,10H2,1-2H3/t13-,14+,15-/m1/s1. The molecule has 0 aromatic heterocycles. The van der Waals surface area contributed by atoms with Crippen LogP contribution in [0, 0.1) is 16.7 Å². The van der Waals surface area contributed by atoms with Crippen LogP contribution in [0.2, 0.25) is 5.02 Å². The van der Waals surface area contributed by atoms with E-state index in [0.29, 0.717) is 11.6 Å². The molecule has 3 atom stereocenters. The van der Waals surface area contributed by atoms with Crippen LogP contribution in [-0.4, -0.2) is 32.6 Å². The molecule has 1 aromatic carbocycles.